The molecule has 0 unspecified atom stereocenters. The predicted octanol–water partition coefficient (Wildman–Crippen LogP) is 5.54. The van der Waals surface area contributed by atoms with E-state index < -0.39 is 0 Å². The summed E-state index contributed by atoms with van der Waals surface area (Å²) in [6, 6.07) is 3.77. The molecule has 5 nitrogen and oxygen atoms in total. The number of hydrogen-bond acceptors (Lipinski definition) is 5. The predicted molar refractivity (Wildman–Crippen MR) is 118 cm³/mol. The number of pyridine rings is 1. The van der Waals surface area contributed by atoms with Gasteiger partial charge in [-0.05, 0) is 30.9 Å². The Morgan fingerprint density at radius 1 is 1.19 bits per heavy atom. The van der Waals surface area contributed by atoms with Crippen LogP contribution in [0.2, 0.25) is 0 Å². The van der Waals surface area contributed by atoms with E-state index in [1.165, 1.54) is 12.8 Å². The van der Waals surface area contributed by atoms with Gasteiger partial charge in [0, 0.05) is 32.1 Å². The maximum absolute atomic E-state index is 12.4. The molecule has 154 valence electrons. The van der Waals surface area contributed by atoms with E-state index in [1.807, 2.05) is 46.8 Å². The Morgan fingerprint density at radius 3 is 2.30 bits per heavy atom. The van der Waals surface area contributed by atoms with E-state index in [0.717, 1.165) is 25.3 Å². The molecule has 0 fully saturated rings. The van der Waals surface area contributed by atoms with E-state index in [0.29, 0.717) is 17.8 Å². The number of ketones is 1. The molecule has 2 N–H and O–H groups in total. The second kappa shape index (κ2) is 12.5. The summed E-state index contributed by atoms with van der Waals surface area (Å²) in [5.41, 5.74) is 0.479. The van der Waals surface area contributed by atoms with Gasteiger partial charge in [-0.3, -0.25) is 10.2 Å². The molecule has 0 atom stereocenters. The van der Waals surface area contributed by atoms with Gasteiger partial charge >= 0.3 is 0 Å². The SMILES string of the molecule is CC.CCCCCN(CC)c1ccc(C(=N)C(=O)CC(C)(C)C)c(NC)n1. The van der Waals surface area contributed by atoms with Gasteiger partial charge < -0.3 is 10.2 Å². The average Bonchev–Trinajstić information content (AvgIpc) is 2.64. The van der Waals surface area contributed by atoms with Gasteiger partial charge in [-0.2, -0.15) is 0 Å². The van der Waals surface area contributed by atoms with Gasteiger partial charge in [-0.25, -0.2) is 4.98 Å². The highest BCUT2D eigenvalue weighted by atomic mass is 16.1. The molecule has 1 heterocycles. The number of unbranched alkanes of at least 4 members (excludes halogenated alkanes) is 2. The van der Waals surface area contributed by atoms with Crippen molar-refractivity contribution in [2.24, 2.45) is 5.41 Å². The molecule has 0 aromatic carbocycles. The van der Waals surface area contributed by atoms with E-state index >= 15 is 0 Å². The smallest absolute Gasteiger partial charge is 0.181 e. The molecule has 27 heavy (non-hydrogen) atoms. The summed E-state index contributed by atoms with van der Waals surface area (Å²) < 4.78 is 0. The number of Topliss-reactive ketones (excluding diaryl/α,β-unsaturated/α-hetero) is 1. The van der Waals surface area contributed by atoms with E-state index in [1.54, 1.807) is 7.05 Å². The first-order valence-corrected chi connectivity index (χ1v) is 10.3. The van der Waals surface area contributed by atoms with Crippen molar-refractivity contribution in [3.63, 3.8) is 0 Å². The minimum atomic E-state index is -0.145. The number of carbonyl (C=O) groups excluding carboxylic acids is 1. The number of nitrogens with one attached hydrogen (secondary N) is 2. The highest BCUT2D eigenvalue weighted by molar-refractivity contribution is 6.46. The monoisotopic (exact) mass is 376 g/mol. The van der Waals surface area contributed by atoms with Crippen LogP contribution in [0.3, 0.4) is 0 Å². The Balaban J connectivity index is 0.00000326. The number of anilines is 2. The van der Waals surface area contributed by atoms with Gasteiger partial charge in [0.15, 0.2) is 5.78 Å². The Bertz CT molecular complexity index is 590. The van der Waals surface area contributed by atoms with Gasteiger partial charge in [0.1, 0.15) is 17.3 Å². The number of aromatic nitrogens is 1. The van der Waals surface area contributed by atoms with Crippen LogP contribution in [-0.4, -0.2) is 36.6 Å². The minimum Gasteiger partial charge on any atom is -0.373 e. The second-order valence-electron chi connectivity index (χ2n) is 7.64. The lowest BCUT2D eigenvalue weighted by atomic mass is 9.87. The molecule has 0 aliphatic heterocycles. The van der Waals surface area contributed by atoms with E-state index in [2.05, 4.69) is 29.0 Å². The fraction of sp³-hybridized carbons (Fsp3) is 0.682. The van der Waals surface area contributed by atoms with Crippen molar-refractivity contribution in [1.82, 2.24) is 4.98 Å². The van der Waals surface area contributed by atoms with Crippen LogP contribution >= 0.6 is 0 Å². The third-order valence-corrected chi connectivity index (χ3v) is 4.09. The standard InChI is InChI=1S/C20H34N4O.C2H6/c1-7-9-10-13-24(8-2)17-12-11-15(19(22-6)23-17)18(21)16(25)14-20(3,4)5;1-2/h11-12,21H,7-10,13-14H2,1-6H3,(H,22,23);1-2H3. The molecule has 1 aromatic heterocycles. The van der Waals surface area contributed by atoms with E-state index in [4.69, 9.17) is 5.41 Å². The van der Waals surface area contributed by atoms with Gasteiger partial charge in [-0.1, -0.05) is 54.4 Å². The van der Waals surface area contributed by atoms with Crippen LogP contribution in [0.4, 0.5) is 11.6 Å². The molecule has 0 saturated heterocycles. The number of nitrogens with zero attached hydrogens (tertiary/aromatic N) is 2. The summed E-state index contributed by atoms with van der Waals surface area (Å²) in [5.74, 6) is 1.34. The molecule has 0 radical (unpaired) electrons. The molecule has 1 aromatic rings. The van der Waals surface area contributed by atoms with E-state index in [9.17, 15) is 4.79 Å². The maximum Gasteiger partial charge on any atom is 0.181 e. The van der Waals surface area contributed by atoms with E-state index in [-0.39, 0.29) is 16.9 Å². The van der Waals surface area contributed by atoms with Crippen LogP contribution in [0.15, 0.2) is 12.1 Å². The molecular formula is C22H40N4O. The first-order chi connectivity index (χ1) is 12.7. The quantitative estimate of drug-likeness (QED) is 0.415. The summed E-state index contributed by atoms with van der Waals surface area (Å²) in [4.78, 5) is 19.3. The fourth-order valence-corrected chi connectivity index (χ4v) is 2.72. The number of rotatable bonds is 10. The lowest BCUT2D eigenvalue weighted by Gasteiger charge is -2.23. The van der Waals surface area contributed by atoms with Crippen molar-refractivity contribution in [1.29, 1.82) is 5.41 Å². The molecule has 5 heteroatoms. The normalized spacial score (nSPS) is 10.7. The van der Waals surface area contributed by atoms with Gasteiger partial charge in [0.25, 0.3) is 0 Å². The fourth-order valence-electron chi connectivity index (χ4n) is 2.72. The Kier molecular flexibility index (Phi) is 11.6. The summed E-state index contributed by atoms with van der Waals surface area (Å²) in [7, 11) is 1.78. The number of carbonyl (C=O) groups is 1. The lowest BCUT2D eigenvalue weighted by molar-refractivity contribution is -0.114. The zero-order chi connectivity index (χ0) is 21.0. The van der Waals surface area contributed by atoms with Crippen molar-refractivity contribution < 1.29 is 4.79 Å². The first-order valence-electron chi connectivity index (χ1n) is 10.3. The summed E-state index contributed by atoms with van der Waals surface area (Å²) in [6.45, 7) is 16.2. The Hall–Kier alpha value is -1.91. The molecule has 0 saturated carbocycles. The highest BCUT2D eigenvalue weighted by Crippen LogP contribution is 2.24. The lowest BCUT2D eigenvalue weighted by Crippen LogP contribution is -2.26. The Morgan fingerprint density at radius 2 is 1.81 bits per heavy atom. The van der Waals surface area contributed by atoms with Crippen LogP contribution in [0.5, 0.6) is 0 Å². The Labute approximate surface area is 166 Å². The highest BCUT2D eigenvalue weighted by Gasteiger charge is 2.22. The topological polar surface area (TPSA) is 69.1 Å². The minimum absolute atomic E-state index is 0.0346. The van der Waals surface area contributed by atoms with Crippen molar-refractivity contribution >= 4 is 23.1 Å². The van der Waals surface area contributed by atoms with Crippen LogP contribution in [0, 0.1) is 10.8 Å². The maximum atomic E-state index is 12.4. The van der Waals surface area contributed by atoms with Gasteiger partial charge in [0.2, 0.25) is 0 Å². The molecule has 0 amide bonds. The van der Waals surface area contributed by atoms with Crippen LogP contribution in [0.25, 0.3) is 0 Å². The molecule has 0 bridgehead atoms. The van der Waals surface area contributed by atoms with Crippen molar-refractivity contribution in [2.75, 3.05) is 30.4 Å². The zero-order valence-corrected chi connectivity index (χ0v) is 18.7. The molecule has 0 aliphatic carbocycles. The van der Waals surface area contributed by atoms with Crippen molar-refractivity contribution in [3.05, 3.63) is 17.7 Å². The van der Waals surface area contributed by atoms with Crippen LogP contribution in [0.1, 0.15) is 79.7 Å². The second-order valence-corrected chi connectivity index (χ2v) is 7.64. The van der Waals surface area contributed by atoms with Crippen molar-refractivity contribution in [3.8, 4) is 0 Å². The summed E-state index contributed by atoms with van der Waals surface area (Å²) in [6.07, 6.45) is 3.90. The van der Waals surface area contributed by atoms with Gasteiger partial charge in [0.05, 0.1) is 0 Å². The molecule has 0 aliphatic rings. The summed E-state index contributed by atoms with van der Waals surface area (Å²) in [5, 5.41) is 11.3. The molecular weight excluding hydrogens is 336 g/mol. The van der Waals surface area contributed by atoms with Crippen molar-refractivity contribution in [2.45, 2.75) is 74.1 Å². The average molecular weight is 377 g/mol. The van der Waals surface area contributed by atoms with Crippen LogP contribution < -0.4 is 10.2 Å². The molecule has 1 rings (SSSR count). The largest absolute Gasteiger partial charge is 0.373 e. The molecule has 0 spiro atoms. The van der Waals surface area contributed by atoms with Crippen LogP contribution in [-0.2, 0) is 4.79 Å². The number of hydrogen-bond donors (Lipinski definition) is 2. The summed E-state index contributed by atoms with van der Waals surface area (Å²) >= 11 is 0. The zero-order valence-electron chi connectivity index (χ0n) is 18.7. The van der Waals surface area contributed by atoms with Gasteiger partial charge in [-0.15, -0.1) is 0 Å². The first kappa shape index (κ1) is 25.1. The third-order valence-electron chi connectivity index (χ3n) is 4.09. The third kappa shape index (κ3) is 8.55.